The zero-order valence-corrected chi connectivity index (χ0v) is 13.7. The van der Waals surface area contributed by atoms with E-state index in [1.807, 2.05) is 0 Å². The van der Waals surface area contributed by atoms with Crippen molar-refractivity contribution < 1.29 is 9.83 Å². The number of hydrogen-bond donors (Lipinski definition) is 3. The molecule has 0 unspecified atom stereocenters. The summed E-state index contributed by atoms with van der Waals surface area (Å²) in [5.41, 5.74) is 7.68. The van der Waals surface area contributed by atoms with Crippen LogP contribution in [0.1, 0.15) is 0 Å². The van der Waals surface area contributed by atoms with Crippen molar-refractivity contribution in [3.05, 3.63) is 61.2 Å². The Hall–Kier alpha value is -3.33. The van der Waals surface area contributed by atoms with E-state index in [1.54, 1.807) is 24.3 Å². The van der Waals surface area contributed by atoms with E-state index >= 15 is 0 Å². The summed E-state index contributed by atoms with van der Waals surface area (Å²) in [7, 11) is -3.78. The van der Waals surface area contributed by atoms with Gasteiger partial charge in [0.15, 0.2) is 7.06 Å². The maximum absolute atomic E-state index is 12.9. The van der Waals surface area contributed by atoms with E-state index in [2.05, 4.69) is 15.4 Å². The first-order valence-corrected chi connectivity index (χ1v) is 8.78. The molecule has 0 bridgehead atoms. The molecule has 4 rings (SSSR count). The van der Waals surface area contributed by atoms with Crippen molar-refractivity contribution in [3.63, 3.8) is 0 Å². The Morgan fingerprint density at radius 1 is 1.20 bits per heavy atom. The molecule has 0 aliphatic carbocycles. The SMILES string of the molecule is [2H]n1cc(Nc2c(N)cnc3c2ccn3S(=O)(=O)c2ccccc2)cn1. The van der Waals surface area contributed by atoms with Crippen LogP contribution in [0.5, 0.6) is 0 Å². The minimum absolute atomic E-state index is 0.168. The number of aromatic nitrogens is 4. The van der Waals surface area contributed by atoms with Crippen LogP contribution in [0, 0.1) is 0 Å². The molecule has 4 N–H and O–H groups in total. The van der Waals surface area contributed by atoms with Gasteiger partial charge in [-0.15, -0.1) is 0 Å². The zero-order chi connectivity index (χ0) is 18.3. The summed E-state index contributed by atoms with van der Waals surface area (Å²) in [5.74, 6) is 0. The van der Waals surface area contributed by atoms with Crippen molar-refractivity contribution >= 4 is 38.1 Å². The van der Waals surface area contributed by atoms with Crippen LogP contribution in [0.2, 0.25) is 1.41 Å². The molecule has 4 aromatic rings. The number of nitrogens with two attached hydrogens (primary N) is 1. The Balaban J connectivity index is 1.86. The minimum atomic E-state index is -3.78. The highest BCUT2D eigenvalue weighted by Crippen LogP contribution is 2.32. The molecule has 0 atom stereocenters. The fourth-order valence-electron chi connectivity index (χ4n) is 2.55. The lowest BCUT2D eigenvalue weighted by atomic mass is 10.2. The van der Waals surface area contributed by atoms with Crippen molar-refractivity contribution in [2.24, 2.45) is 0 Å². The largest absolute Gasteiger partial charge is 0.396 e. The normalized spacial score (nSPS) is 12.2. The van der Waals surface area contributed by atoms with Crippen LogP contribution < -0.4 is 11.1 Å². The Labute approximate surface area is 144 Å². The number of anilines is 3. The van der Waals surface area contributed by atoms with Gasteiger partial charge in [0.05, 0.1) is 34.4 Å². The third kappa shape index (κ3) is 2.50. The summed E-state index contributed by atoms with van der Waals surface area (Å²) in [5, 5.41) is 8.28. The fourth-order valence-corrected chi connectivity index (χ4v) is 3.87. The standard InChI is InChI=1S/C16H14N6O2S/c17-14-10-18-16-13(15(14)21-11-8-19-20-9-11)6-7-22(16)25(23,24)12-4-2-1-3-5-12/h1-10H,17H2,(H,18,21)(H,19,20)/i/hD. The quantitative estimate of drug-likeness (QED) is 0.517. The number of fused-ring (bicyclic) bond motifs is 1. The van der Waals surface area contributed by atoms with Crippen molar-refractivity contribution in [3.8, 4) is 0 Å². The molecule has 3 aromatic heterocycles. The van der Waals surface area contributed by atoms with E-state index in [9.17, 15) is 8.42 Å². The van der Waals surface area contributed by atoms with E-state index in [-0.39, 0.29) is 10.5 Å². The molecule has 0 saturated carbocycles. The second-order valence-electron chi connectivity index (χ2n) is 5.32. The second-order valence-corrected chi connectivity index (χ2v) is 7.14. The molecule has 3 heterocycles. The second kappa shape index (κ2) is 5.64. The molecule has 8 nitrogen and oxygen atoms in total. The van der Waals surface area contributed by atoms with Crippen LogP contribution in [-0.4, -0.2) is 27.6 Å². The summed E-state index contributed by atoms with van der Waals surface area (Å²) >= 11 is 0. The van der Waals surface area contributed by atoms with E-state index in [0.717, 1.165) is 9.06 Å². The predicted octanol–water partition coefficient (Wildman–Crippen LogP) is 2.32. The number of rotatable bonds is 4. The third-order valence-corrected chi connectivity index (χ3v) is 5.42. The topological polar surface area (TPSA) is 119 Å². The molecule has 0 fully saturated rings. The monoisotopic (exact) mass is 355 g/mol. The smallest absolute Gasteiger partial charge is 0.269 e. The van der Waals surface area contributed by atoms with Gasteiger partial charge in [0.25, 0.3) is 10.0 Å². The summed E-state index contributed by atoms with van der Waals surface area (Å²) in [6.45, 7) is 0. The number of nitrogens with one attached hydrogen (secondary N) is 2. The number of nitrogens with zero attached hydrogens (tertiary/aromatic N) is 3. The van der Waals surface area contributed by atoms with Gasteiger partial charge in [-0.2, -0.15) is 5.10 Å². The van der Waals surface area contributed by atoms with Gasteiger partial charge in [-0.1, -0.05) is 18.2 Å². The lowest BCUT2D eigenvalue weighted by Gasteiger charge is -2.10. The number of hydrogen-bond acceptors (Lipinski definition) is 6. The molecule has 0 radical (unpaired) electrons. The molecular weight excluding hydrogens is 340 g/mol. The molecule has 9 heteroatoms. The van der Waals surface area contributed by atoms with Crippen LogP contribution in [0.3, 0.4) is 0 Å². The number of nitrogen functional groups attached to an aromatic ring is 1. The van der Waals surface area contributed by atoms with Gasteiger partial charge in [0.1, 0.15) is 0 Å². The summed E-state index contributed by atoms with van der Waals surface area (Å²) in [6.07, 6.45) is 5.77. The van der Waals surface area contributed by atoms with E-state index < -0.39 is 10.0 Å². The average Bonchev–Trinajstić information content (AvgIpc) is 3.24. The average molecular weight is 355 g/mol. The van der Waals surface area contributed by atoms with Crippen molar-refractivity contribution in [1.29, 1.82) is 0 Å². The summed E-state index contributed by atoms with van der Waals surface area (Å²) in [4.78, 5) is 4.37. The van der Waals surface area contributed by atoms with Crippen molar-refractivity contribution in [2.75, 3.05) is 11.1 Å². The lowest BCUT2D eigenvalue weighted by Crippen LogP contribution is -2.12. The summed E-state index contributed by atoms with van der Waals surface area (Å²) < 4.78 is 34.3. The molecule has 0 amide bonds. The maximum Gasteiger partial charge on any atom is 0.269 e. The Morgan fingerprint density at radius 3 is 2.72 bits per heavy atom. The van der Waals surface area contributed by atoms with Crippen LogP contribution in [0.25, 0.3) is 11.0 Å². The van der Waals surface area contributed by atoms with Crippen molar-refractivity contribution in [1.82, 2.24) is 19.1 Å². The first-order valence-electron chi connectivity index (χ1n) is 7.78. The number of H-pyrrole nitrogens is 1. The first kappa shape index (κ1) is 14.1. The third-order valence-electron chi connectivity index (χ3n) is 3.74. The first-order chi connectivity index (χ1) is 12.5. The zero-order valence-electron chi connectivity index (χ0n) is 13.9. The van der Waals surface area contributed by atoms with Crippen LogP contribution in [-0.2, 0) is 10.0 Å². The molecule has 25 heavy (non-hydrogen) atoms. The van der Waals surface area contributed by atoms with Gasteiger partial charge in [0.2, 0.25) is 0 Å². The Kier molecular flexibility index (Phi) is 3.17. The van der Waals surface area contributed by atoms with E-state index in [1.165, 1.54) is 36.9 Å². The van der Waals surface area contributed by atoms with Gasteiger partial charge in [-0.3, -0.25) is 5.09 Å². The Bertz CT molecular complexity index is 1200. The van der Waals surface area contributed by atoms with Crippen LogP contribution >= 0.6 is 0 Å². The van der Waals surface area contributed by atoms with Gasteiger partial charge in [-0.25, -0.2) is 17.4 Å². The highest BCUT2D eigenvalue weighted by molar-refractivity contribution is 7.90. The van der Waals surface area contributed by atoms with Gasteiger partial charge in [-0.05, 0) is 18.2 Å². The van der Waals surface area contributed by atoms with E-state index in [4.69, 9.17) is 7.15 Å². The van der Waals surface area contributed by atoms with Gasteiger partial charge < -0.3 is 11.1 Å². The lowest BCUT2D eigenvalue weighted by molar-refractivity contribution is 0.589. The molecular formula is C16H14N6O2S. The van der Waals surface area contributed by atoms with Gasteiger partial charge >= 0.3 is 0 Å². The van der Waals surface area contributed by atoms with Crippen LogP contribution in [0.15, 0.2) is 66.1 Å². The molecule has 0 spiro atoms. The fraction of sp³-hybridized carbons (Fsp3) is 0. The number of pyridine rings is 1. The minimum Gasteiger partial charge on any atom is -0.396 e. The van der Waals surface area contributed by atoms with E-state index in [0.29, 0.717) is 22.4 Å². The molecule has 0 aliphatic rings. The maximum atomic E-state index is 12.9. The van der Waals surface area contributed by atoms with Crippen molar-refractivity contribution in [2.45, 2.75) is 4.90 Å². The predicted molar refractivity (Wildman–Crippen MR) is 95.0 cm³/mol. The highest BCUT2D eigenvalue weighted by atomic mass is 32.2. The number of benzene rings is 1. The molecule has 0 aliphatic heterocycles. The molecule has 0 saturated heterocycles. The Morgan fingerprint density at radius 2 is 2.00 bits per heavy atom. The van der Waals surface area contributed by atoms with Gasteiger partial charge in [0, 0.05) is 17.8 Å². The molecule has 1 aromatic carbocycles. The highest BCUT2D eigenvalue weighted by Gasteiger charge is 2.21. The molecule has 126 valence electrons. The number of aromatic amines is 1. The van der Waals surface area contributed by atoms with Crippen LogP contribution in [0.4, 0.5) is 17.1 Å². The summed E-state index contributed by atoms with van der Waals surface area (Å²) in [6, 6.07) is 9.76.